The normalized spacial score (nSPS) is 18.1. The first-order valence-electron chi connectivity index (χ1n) is 6.03. The van der Waals surface area contributed by atoms with Gasteiger partial charge in [-0.3, -0.25) is 4.79 Å². The number of carbonyl (C=O) groups is 1. The van der Waals surface area contributed by atoms with Crippen LogP contribution in [0.2, 0.25) is 5.02 Å². The fourth-order valence-corrected chi connectivity index (χ4v) is 2.35. The van der Waals surface area contributed by atoms with E-state index in [2.05, 4.69) is 5.32 Å². The van der Waals surface area contributed by atoms with Gasteiger partial charge in [-0.25, -0.2) is 4.39 Å². The molecule has 1 aliphatic heterocycles. The topological polar surface area (TPSA) is 58.6 Å². The molecule has 0 radical (unpaired) electrons. The van der Waals surface area contributed by atoms with Crippen LogP contribution in [0, 0.1) is 5.82 Å². The van der Waals surface area contributed by atoms with Gasteiger partial charge in [0.1, 0.15) is 5.82 Å². The molecule has 1 aromatic carbocycles. The minimum atomic E-state index is -0.763. The Hall–Kier alpha value is -1.17. The molecule has 104 valence electrons. The summed E-state index contributed by atoms with van der Waals surface area (Å²) in [5.74, 6) is -1.29. The first kappa shape index (κ1) is 14.2. The largest absolute Gasteiger partial charge is 0.394 e. The second-order valence-corrected chi connectivity index (χ2v) is 5.01. The molecule has 4 nitrogen and oxygen atoms in total. The smallest absolute Gasteiger partial charge is 0.256 e. The van der Waals surface area contributed by atoms with E-state index < -0.39 is 17.3 Å². The lowest BCUT2D eigenvalue weighted by molar-refractivity contribution is 0.0125. The highest BCUT2D eigenvalue weighted by Crippen LogP contribution is 2.23. The zero-order valence-electron chi connectivity index (χ0n) is 10.3. The molecule has 0 bridgehead atoms. The summed E-state index contributed by atoms with van der Waals surface area (Å²) >= 11 is 5.84. The molecule has 0 atom stereocenters. The SMILES string of the molecule is O=C(NC1(CO)CCOCC1)c1c(F)cccc1Cl. The van der Waals surface area contributed by atoms with Crippen molar-refractivity contribution in [3.05, 3.63) is 34.6 Å². The third-order valence-electron chi connectivity index (χ3n) is 3.32. The summed E-state index contributed by atoms with van der Waals surface area (Å²) in [5.41, 5.74) is -0.954. The molecule has 1 saturated heterocycles. The molecular formula is C13H15ClFNO3. The van der Waals surface area contributed by atoms with E-state index in [0.717, 1.165) is 0 Å². The standard InChI is InChI=1S/C13H15ClFNO3/c14-9-2-1-3-10(15)11(9)12(18)16-13(8-17)4-6-19-7-5-13/h1-3,17H,4-8H2,(H,16,18). The first-order valence-corrected chi connectivity index (χ1v) is 6.41. The van der Waals surface area contributed by atoms with Crippen LogP contribution in [-0.2, 0) is 4.74 Å². The zero-order chi connectivity index (χ0) is 13.9. The number of amides is 1. The molecule has 0 spiro atoms. The van der Waals surface area contributed by atoms with Crippen LogP contribution < -0.4 is 5.32 Å². The van der Waals surface area contributed by atoms with Gasteiger partial charge in [-0.1, -0.05) is 17.7 Å². The average Bonchev–Trinajstić information content (AvgIpc) is 2.39. The Morgan fingerprint density at radius 2 is 2.16 bits per heavy atom. The summed E-state index contributed by atoms with van der Waals surface area (Å²) < 4.78 is 18.9. The van der Waals surface area contributed by atoms with Crippen LogP contribution in [0.15, 0.2) is 18.2 Å². The van der Waals surface area contributed by atoms with Crippen molar-refractivity contribution in [2.45, 2.75) is 18.4 Å². The molecule has 0 saturated carbocycles. The van der Waals surface area contributed by atoms with Gasteiger partial charge in [0.25, 0.3) is 5.91 Å². The number of hydrogen-bond acceptors (Lipinski definition) is 3. The maximum Gasteiger partial charge on any atom is 0.256 e. The Balaban J connectivity index is 2.20. The van der Waals surface area contributed by atoms with Crippen molar-refractivity contribution in [1.82, 2.24) is 5.32 Å². The van der Waals surface area contributed by atoms with E-state index in [1.54, 1.807) is 0 Å². The lowest BCUT2D eigenvalue weighted by Gasteiger charge is -2.36. The minimum Gasteiger partial charge on any atom is -0.394 e. The van der Waals surface area contributed by atoms with Crippen LogP contribution >= 0.6 is 11.6 Å². The lowest BCUT2D eigenvalue weighted by atomic mass is 9.90. The molecular weight excluding hydrogens is 273 g/mol. The highest BCUT2D eigenvalue weighted by Gasteiger charge is 2.34. The molecule has 1 amide bonds. The molecule has 1 aromatic rings. The maximum atomic E-state index is 13.7. The van der Waals surface area contributed by atoms with Crippen molar-refractivity contribution in [2.24, 2.45) is 0 Å². The fourth-order valence-electron chi connectivity index (χ4n) is 2.10. The summed E-state index contributed by atoms with van der Waals surface area (Å²) in [4.78, 5) is 12.1. The Kier molecular flexibility index (Phi) is 4.39. The quantitative estimate of drug-likeness (QED) is 0.890. The van der Waals surface area contributed by atoms with Crippen LogP contribution in [0.4, 0.5) is 4.39 Å². The number of aliphatic hydroxyl groups is 1. The minimum absolute atomic E-state index is 0.0534. The van der Waals surface area contributed by atoms with E-state index in [4.69, 9.17) is 16.3 Å². The molecule has 2 rings (SSSR count). The van der Waals surface area contributed by atoms with Gasteiger partial charge in [-0.2, -0.15) is 0 Å². The molecule has 0 unspecified atom stereocenters. The first-order chi connectivity index (χ1) is 9.08. The molecule has 0 aliphatic carbocycles. The maximum absolute atomic E-state index is 13.7. The summed E-state index contributed by atoms with van der Waals surface area (Å²) in [6.07, 6.45) is 0.975. The second-order valence-electron chi connectivity index (χ2n) is 4.60. The number of hydrogen-bond donors (Lipinski definition) is 2. The van der Waals surface area contributed by atoms with E-state index in [1.807, 2.05) is 0 Å². The lowest BCUT2D eigenvalue weighted by Crippen LogP contribution is -2.54. The summed E-state index contributed by atoms with van der Waals surface area (Å²) in [5, 5.41) is 12.2. The van der Waals surface area contributed by atoms with Crippen molar-refractivity contribution in [3.63, 3.8) is 0 Å². The number of halogens is 2. The van der Waals surface area contributed by atoms with Crippen molar-refractivity contribution in [1.29, 1.82) is 0 Å². The number of nitrogens with one attached hydrogen (secondary N) is 1. The van der Waals surface area contributed by atoms with Crippen molar-refractivity contribution in [3.8, 4) is 0 Å². The molecule has 0 aromatic heterocycles. The molecule has 1 aliphatic rings. The van der Waals surface area contributed by atoms with Gasteiger partial charge in [0, 0.05) is 13.2 Å². The summed E-state index contributed by atoms with van der Waals surface area (Å²) in [7, 11) is 0. The van der Waals surface area contributed by atoms with Gasteiger partial charge in [0.2, 0.25) is 0 Å². The van der Waals surface area contributed by atoms with E-state index in [-0.39, 0.29) is 17.2 Å². The Morgan fingerprint density at radius 1 is 1.47 bits per heavy atom. The highest BCUT2D eigenvalue weighted by atomic mass is 35.5. The number of aliphatic hydroxyl groups excluding tert-OH is 1. The Bertz CT molecular complexity index is 455. The molecule has 19 heavy (non-hydrogen) atoms. The monoisotopic (exact) mass is 287 g/mol. The zero-order valence-corrected chi connectivity index (χ0v) is 11.0. The van der Waals surface area contributed by atoms with E-state index in [1.165, 1.54) is 18.2 Å². The van der Waals surface area contributed by atoms with Crippen LogP contribution in [-0.4, -0.2) is 36.4 Å². The molecule has 1 heterocycles. The van der Waals surface area contributed by atoms with Gasteiger partial charge in [0.15, 0.2) is 0 Å². The number of carbonyl (C=O) groups excluding carboxylic acids is 1. The molecule has 6 heteroatoms. The predicted octanol–water partition coefficient (Wildman–Crippen LogP) is 1.75. The van der Waals surface area contributed by atoms with Crippen LogP contribution in [0.5, 0.6) is 0 Å². The Morgan fingerprint density at radius 3 is 2.74 bits per heavy atom. The van der Waals surface area contributed by atoms with Gasteiger partial charge in [-0.05, 0) is 25.0 Å². The van der Waals surface area contributed by atoms with Crippen LogP contribution in [0.25, 0.3) is 0 Å². The van der Waals surface area contributed by atoms with Crippen LogP contribution in [0.1, 0.15) is 23.2 Å². The van der Waals surface area contributed by atoms with Crippen LogP contribution in [0.3, 0.4) is 0 Å². The fraction of sp³-hybridized carbons (Fsp3) is 0.462. The molecule has 2 N–H and O–H groups in total. The number of benzene rings is 1. The van der Waals surface area contributed by atoms with Gasteiger partial charge in [-0.15, -0.1) is 0 Å². The van der Waals surface area contributed by atoms with Crippen molar-refractivity contribution >= 4 is 17.5 Å². The number of rotatable bonds is 3. The second kappa shape index (κ2) is 5.86. The van der Waals surface area contributed by atoms with Gasteiger partial charge in [0.05, 0.1) is 22.7 Å². The predicted molar refractivity (Wildman–Crippen MR) is 68.7 cm³/mol. The van der Waals surface area contributed by atoms with Crippen molar-refractivity contribution in [2.75, 3.05) is 19.8 Å². The van der Waals surface area contributed by atoms with Crippen molar-refractivity contribution < 1.29 is 19.0 Å². The van der Waals surface area contributed by atoms with E-state index >= 15 is 0 Å². The third kappa shape index (κ3) is 3.05. The van der Waals surface area contributed by atoms with Gasteiger partial charge < -0.3 is 15.2 Å². The van der Waals surface area contributed by atoms with E-state index in [9.17, 15) is 14.3 Å². The Labute approximate surface area is 115 Å². The summed E-state index contributed by atoms with van der Waals surface area (Å²) in [6, 6.07) is 4.07. The number of ether oxygens (including phenoxy) is 1. The third-order valence-corrected chi connectivity index (χ3v) is 3.64. The molecule has 1 fully saturated rings. The summed E-state index contributed by atoms with van der Waals surface area (Å²) in [6.45, 7) is 0.686. The van der Waals surface area contributed by atoms with Gasteiger partial charge >= 0.3 is 0 Å². The average molecular weight is 288 g/mol. The van der Waals surface area contributed by atoms with E-state index in [0.29, 0.717) is 26.1 Å². The highest BCUT2D eigenvalue weighted by molar-refractivity contribution is 6.33.